The minimum Gasteiger partial charge on any atom is -0.507 e. The fourth-order valence-electron chi connectivity index (χ4n) is 2.82. The Hall–Kier alpha value is -4.40. The summed E-state index contributed by atoms with van der Waals surface area (Å²) in [4.78, 5) is 47.5. The van der Waals surface area contributed by atoms with Gasteiger partial charge in [0.1, 0.15) is 17.9 Å². The highest BCUT2D eigenvalue weighted by Crippen LogP contribution is 2.22. The first-order valence-electron chi connectivity index (χ1n) is 9.17. The van der Waals surface area contributed by atoms with Crippen molar-refractivity contribution in [3.05, 3.63) is 87.8 Å². The van der Waals surface area contributed by atoms with Gasteiger partial charge in [-0.2, -0.15) is 0 Å². The van der Waals surface area contributed by atoms with Gasteiger partial charge in [-0.15, -0.1) is 0 Å². The van der Waals surface area contributed by atoms with Crippen LogP contribution >= 0.6 is 0 Å². The van der Waals surface area contributed by atoms with E-state index in [1.54, 1.807) is 12.3 Å². The molecule has 1 aromatic heterocycles. The zero-order valence-corrected chi connectivity index (χ0v) is 16.5. The van der Waals surface area contributed by atoms with Crippen molar-refractivity contribution in [2.24, 2.45) is 0 Å². The summed E-state index contributed by atoms with van der Waals surface area (Å²) in [6.45, 7) is 1.67. The van der Waals surface area contributed by atoms with Crippen LogP contribution in [0.1, 0.15) is 26.3 Å². The zero-order valence-electron chi connectivity index (χ0n) is 16.5. The molecule has 0 aliphatic heterocycles. The molecule has 1 heterocycles. The highest BCUT2D eigenvalue weighted by atomic mass is 16.4. The lowest BCUT2D eigenvalue weighted by Crippen LogP contribution is -2.26. The number of nitrogens with one attached hydrogen (secondary N) is 2. The van der Waals surface area contributed by atoms with E-state index in [0.29, 0.717) is 5.69 Å². The Morgan fingerprint density at radius 3 is 2.29 bits per heavy atom. The second-order valence-corrected chi connectivity index (χ2v) is 6.79. The summed E-state index contributed by atoms with van der Waals surface area (Å²) in [5.41, 5.74) is 1.17. The largest absolute Gasteiger partial charge is 0.507 e. The Morgan fingerprint density at radius 1 is 0.935 bits per heavy atom. The van der Waals surface area contributed by atoms with Gasteiger partial charge in [0.25, 0.3) is 11.5 Å². The van der Waals surface area contributed by atoms with Gasteiger partial charge >= 0.3 is 5.97 Å². The van der Waals surface area contributed by atoms with E-state index in [9.17, 15) is 24.3 Å². The molecule has 9 heteroatoms. The summed E-state index contributed by atoms with van der Waals surface area (Å²) in [6.07, 6.45) is 1.59. The molecule has 158 valence electrons. The monoisotopic (exact) mass is 421 g/mol. The maximum atomic E-state index is 12.4. The number of phenols is 1. The Morgan fingerprint density at radius 2 is 1.61 bits per heavy atom. The van der Waals surface area contributed by atoms with E-state index in [0.717, 1.165) is 11.6 Å². The highest BCUT2D eigenvalue weighted by molar-refractivity contribution is 6.05. The van der Waals surface area contributed by atoms with Crippen molar-refractivity contribution in [1.82, 2.24) is 4.57 Å². The van der Waals surface area contributed by atoms with Crippen LogP contribution in [0.5, 0.6) is 5.75 Å². The van der Waals surface area contributed by atoms with Gasteiger partial charge in [-0.1, -0.05) is 6.07 Å². The minimum absolute atomic E-state index is 0.143. The predicted molar refractivity (Wildman–Crippen MR) is 114 cm³/mol. The number of benzene rings is 2. The number of carboxylic acid groups (broad SMARTS) is 1. The Kier molecular flexibility index (Phi) is 6.15. The van der Waals surface area contributed by atoms with Crippen LogP contribution < -0.4 is 16.2 Å². The normalized spacial score (nSPS) is 10.4. The molecule has 0 atom stereocenters. The summed E-state index contributed by atoms with van der Waals surface area (Å²) < 4.78 is 1.30. The quantitative estimate of drug-likeness (QED) is 0.451. The Balaban J connectivity index is 1.64. The fourth-order valence-corrected chi connectivity index (χ4v) is 2.82. The number of anilines is 2. The van der Waals surface area contributed by atoms with Crippen LogP contribution in [-0.4, -0.2) is 32.6 Å². The van der Waals surface area contributed by atoms with Gasteiger partial charge in [0.15, 0.2) is 0 Å². The van der Waals surface area contributed by atoms with Gasteiger partial charge in [-0.3, -0.25) is 14.4 Å². The maximum Gasteiger partial charge on any atom is 0.339 e. The number of hydrogen-bond donors (Lipinski definition) is 4. The molecule has 2 amide bonds. The van der Waals surface area contributed by atoms with Gasteiger partial charge in [-0.25, -0.2) is 4.79 Å². The van der Waals surface area contributed by atoms with Crippen LogP contribution in [0, 0.1) is 6.92 Å². The minimum atomic E-state index is -1.32. The van der Waals surface area contributed by atoms with Crippen molar-refractivity contribution in [1.29, 1.82) is 0 Å². The molecule has 0 bridgehead atoms. The number of pyridine rings is 1. The van der Waals surface area contributed by atoms with E-state index in [1.165, 1.54) is 47.0 Å². The van der Waals surface area contributed by atoms with E-state index in [2.05, 4.69) is 10.6 Å². The number of amides is 2. The Labute approximate surface area is 176 Å². The van der Waals surface area contributed by atoms with Gasteiger partial charge in [0, 0.05) is 29.2 Å². The van der Waals surface area contributed by atoms with Gasteiger partial charge in [0.05, 0.1) is 0 Å². The van der Waals surface area contributed by atoms with Crippen LogP contribution in [0.25, 0.3) is 0 Å². The number of aromatic carboxylic acids is 1. The van der Waals surface area contributed by atoms with E-state index >= 15 is 0 Å². The van der Waals surface area contributed by atoms with E-state index in [-0.39, 0.29) is 28.9 Å². The number of rotatable bonds is 6. The topological polar surface area (TPSA) is 138 Å². The second kappa shape index (κ2) is 8.95. The van der Waals surface area contributed by atoms with Gasteiger partial charge in [-0.05, 0) is 55.0 Å². The fraction of sp³-hybridized carbons (Fsp3) is 0.0909. The third kappa shape index (κ3) is 5.36. The number of hydrogen-bond acceptors (Lipinski definition) is 5. The summed E-state index contributed by atoms with van der Waals surface area (Å²) >= 11 is 0. The lowest BCUT2D eigenvalue weighted by molar-refractivity contribution is -0.116. The second-order valence-electron chi connectivity index (χ2n) is 6.79. The molecule has 3 rings (SSSR count). The number of aryl methyl sites for hydroxylation is 1. The molecule has 2 aromatic carbocycles. The first kappa shape index (κ1) is 21.3. The molecular weight excluding hydrogens is 402 g/mol. The zero-order chi connectivity index (χ0) is 22.5. The number of nitrogens with zero attached hydrogens (tertiary/aromatic N) is 1. The molecule has 0 saturated heterocycles. The lowest BCUT2D eigenvalue weighted by atomic mass is 10.1. The molecule has 0 aliphatic rings. The molecule has 0 radical (unpaired) electrons. The summed E-state index contributed by atoms with van der Waals surface area (Å²) in [5, 5.41) is 23.8. The van der Waals surface area contributed by atoms with Crippen molar-refractivity contribution >= 4 is 29.2 Å². The van der Waals surface area contributed by atoms with E-state index in [4.69, 9.17) is 5.11 Å². The van der Waals surface area contributed by atoms with Crippen molar-refractivity contribution in [2.75, 3.05) is 10.6 Å². The molecule has 0 unspecified atom stereocenters. The van der Waals surface area contributed by atoms with Crippen molar-refractivity contribution < 1.29 is 24.6 Å². The van der Waals surface area contributed by atoms with Crippen LogP contribution in [0.15, 0.2) is 65.6 Å². The molecular formula is C22H19N3O6. The molecule has 4 N–H and O–H groups in total. The number of carbonyl (C=O) groups is 3. The molecule has 0 spiro atoms. The average molecular weight is 421 g/mol. The van der Waals surface area contributed by atoms with Crippen LogP contribution in [-0.2, 0) is 11.3 Å². The number of carbonyl (C=O) groups excluding carboxylic acids is 2. The van der Waals surface area contributed by atoms with Gasteiger partial charge in [0.2, 0.25) is 5.91 Å². The van der Waals surface area contributed by atoms with Crippen molar-refractivity contribution in [3.63, 3.8) is 0 Å². The van der Waals surface area contributed by atoms with Crippen LogP contribution in [0.2, 0.25) is 0 Å². The molecule has 0 saturated carbocycles. The Bertz CT molecular complexity index is 1210. The average Bonchev–Trinajstić information content (AvgIpc) is 2.72. The summed E-state index contributed by atoms with van der Waals surface area (Å²) in [5.74, 6) is -2.61. The third-order valence-electron chi connectivity index (χ3n) is 4.36. The standard InChI is InChI=1S/C22H19N3O6/c1-13-2-9-20(28)25(11-13)12-19(27)23-15-5-3-14(4-6-15)21(29)24-16-7-8-18(26)17(10-16)22(30)31/h2-11,26H,12H2,1H3,(H,23,27)(H,24,29)(H,30,31). The summed E-state index contributed by atoms with van der Waals surface area (Å²) in [7, 11) is 0. The van der Waals surface area contributed by atoms with Crippen molar-refractivity contribution in [2.45, 2.75) is 13.5 Å². The number of aromatic nitrogens is 1. The number of carboxylic acids is 1. The SMILES string of the molecule is Cc1ccc(=O)n(CC(=O)Nc2ccc(C(=O)Nc3ccc(O)c(C(=O)O)c3)cc2)c1. The number of aromatic hydroxyl groups is 1. The lowest BCUT2D eigenvalue weighted by Gasteiger charge is -2.10. The molecule has 0 fully saturated rings. The third-order valence-corrected chi connectivity index (χ3v) is 4.36. The predicted octanol–water partition coefficient (Wildman–Crippen LogP) is 2.45. The molecule has 3 aromatic rings. The van der Waals surface area contributed by atoms with Gasteiger partial charge < -0.3 is 25.4 Å². The molecule has 31 heavy (non-hydrogen) atoms. The highest BCUT2D eigenvalue weighted by Gasteiger charge is 2.13. The molecule has 9 nitrogen and oxygen atoms in total. The van der Waals surface area contributed by atoms with E-state index < -0.39 is 23.5 Å². The smallest absolute Gasteiger partial charge is 0.339 e. The van der Waals surface area contributed by atoms with Crippen molar-refractivity contribution in [3.8, 4) is 5.75 Å². The molecule has 0 aliphatic carbocycles. The maximum absolute atomic E-state index is 12.4. The van der Waals surface area contributed by atoms with E-state index in [1.807, 2.05) is 6.92 Å². The van der Waals surface area contributed by atoms with Crippen LogP contribution in [0.3, 0.4) is 0 Å². The first-order valence-corrected chi connectivity index (χ1v) is 9.17. The summed E-state index contributed by atoms with van der Waals surface area (Å²) in [6, 6.07) is 12.8. The van der Waals surface area contributed by atoms with Crippen LogP contribution in [0.4, 0.5) is 11.4 Å². The first-order chi connectivity index (χ1) is 14.7.